The Labute approximate surface area is 208 Å². The van der Waals surface area contributed by atoms with Crippen LogP contribution in [-0.2, 0) is 6.42 Å². The molecule has 2 aromatic carbocycles. The molecule has 2 unspecified atom stereocenters. The molecule has 0 saturated carbocycles. The highest BCUT2D eigenvalue weighted by Gasteiger charge is 2.22. The van der Waals surface area contributed by atoms with Gasteiger partial charge in [-0.15, -0.1) is 0 Å². The molecular weight excluding hydrogens is 441 g/mol. The van der Waals surface area contributed by atoms with Gasteiger partial charge in [0.15, 0.2) is 0 Å². The lowest BCUT2D eigenvalue weighted by atomic mass is 9.82. The molecule has 0 radical (unpaired) electrons. The van der Waals surface area contributed by atoms with Gasteiger partial charge in [-0.25, -0.2) is 9.18 Å². The van der Waals surface area contributed by atoms with Crippen molar-refractivity contribution in [3.8, 4) is 0 Å². The van der Waals surface area contributed by atoms with E-state index in [4.69, 9.17) is 5.11 Å². The molecule has 188 valence electrons. The molecule has 0 aromatic heterocycles. The van der Waals surface area contributed by atoms with E-state index >= 15 is 0 Å². The highest BCUT2D eigenvalue weighted by Crippen LogP contribution is 2.35. The minimum atomic E-state index is -0.921. The SMILES string of the molecule is Cc1ccc(CC(C)(C)NCC(O)CCC(C)C2=CCCC=C2c2ccc(C(=O)O)cc2)cc1F. The van der Waals surface area contributed by atoms with E-state index in [2.05, 4.69) is 38.2 Å². The van der Waals surface area contributed by atoms with Gasteiger partial charge in [-0.2, -0.15) is 0 Å². The number of nitrogens with one attached hydrogen (secondary N) is 1. The lowest BCUT2D eigenvalue weighted by Crippen LogP contribution is -2.45. The zero-order chi connectivity index (χ0) is 25.6. The standard InChI is InChI=1S/C30H38FNO3/c1-20(26-7-5-6-8-27(26)23-12-14-24(15-13-23)29(34)35)10-16-25(33)19-32-30(3,4)18-22-11-9-21(2)28(31)17-22/h7-9,11-15,17,20,25,32-33H,5-6,10,16,18-19H2,1-4H3,(H,34,35). The van der Waals surface area contributed by atoms with E-state index in [1.165, 1.54) is 11.1 Å². The summed E-state index contributed by atoms with van der Waals surface area (Å²) in [6.07, 6.45) is 8.20. The summed E-state index contributed by atoms with van der Waals surface area (Å²) >= 11 is 0. The molecule has 2 aromatic rings. The van der Waals surface area contributed by atoms with Crippen molar-refractivity contribution >= 4 is 11.5 Å². The second kappa shape index (κ2) is 11.8. The fourth-order valence-corrected chi connectivity index (χ4v) is 4.65. The molecule has 0 saturated heterocycles. The Hall–Kier alpha value is -2.76. The number of allylic oxidation sites excluding steroid dienone is 4. The van der Waals surface area contributed by atoms with Gasteiger partial charge in [0.05, 0.1) is 11.7 Å². The smallest absolute Gasteiger partial charge is 0.335 e. The molecule has 1 aliphatic carbocycles. The number of hydrogen-bond acceptors (Lipinski definition) is 3. The van der Waals surface area contributed by atoms with Crippen molar-refractivity contribution in [2.24, 2.45) is 5.92 Å². The van der Waals surface area contributed by atoms with E-state index in [1.54, 1.807) is 31.2 Å². The van der Waals surface area contributed by atoms with Gasteiger partial charge in [-0.1, -0.05) is 43.3 Å². The number of halogens is 1. The summed E-state index contributed by atoms with van der Waals surface area (Å²) in [5.74, 6) is -0.829. The number of aliphatic hydroxyl groups is 1. The zero-order valence-electron chi connectivity index (χ0n) is 21.3. The second-order valence-corrected chi connectivity index (χ2v) is 10.4. The van der Waals surface area contributed by atoms with E-state index in [1.807, 2.05) is 18.2 Å². The highest BCUT2D eigenvalue weighted by molar-refractivity contribution is 5.89. The Morgan fingerprint density at radius 3 is 2.43 bits per heavy atom. The number of aromatic carboxylic acids is 1. The first-order valence-electron chi connectivity index (χ1n) is 12.5. The molecule has 3 rings (SSSR count). The molecule has 0 aliphatic heterocycles. The van der Waals surface area contributed by atoms with Crippen LogP contribution in [0.25, 0.3) is 5.57 Å². The van der Waals surface area contributed by atoms with E-state index in [0.717, 1.165) is 30.4 Å². The molecule has 0 amide bonds. The molecule has 4 nitrogen and oxygen atoms in total. The summed E-state index contributed by atoms with van der Waals surface area (Å²) in [4.78, 5) is 11.2. The summed E-state index contributed by atoms with van der Waals surface area (Å²) in [5, 5.41) is 23.3. The highest BCUT2D eigenvalue weighted by atomic mass is 19.1. The van der Waals surface area contributed by atoms with Crippen LogP contribution in [0.15, 0.2) is 60.2 Å². The maximum atomic E-state index is 13.9. The van der Waals surface area contributed by atoms with Crippen LogP contribution in [0.2, 0.25) is 0 Å². The van der Waals surface area contributed by atoms with Crippen LogP contribution in [0.4, 0.5) is 4.39 Å². The molecule has 0 bridgehead atoms. The van der Waals surface area contributed by atoms with Crippen LogP contribution in [0.5, 0.6) is 0 Å². The van der Waals surface area contributed by atoms with Gasteiger partial charge >= 0.3 is 5.97 Å². The van der Waals surface area contributed by atoms with Crippen molar-refractivity contribution in [2.75, 3.05) is 6.54 Å². The molecular formula is C30H38FNO3. The molecule has 35 heavy (non-hydrogen) atoms. The van der Waals surface area contributed by atoms with Crippen molar-refractivity contribution < 1.29 is 19.4 Å². The monoisotopic (exact) mass is 479 g/mol. The maximum Gasteiger partial charge on any atom is 0.335 e. The molecule has 1 aliphatic rings. The van der Waals surface area contributed by atoms with Crippen LogP contribution in [0, 0.1) is 18.7 Å². The summed E-state index contributed by atoms with van der Waals surface area (Å²) < 4.78 is 13.9. The number of carbonyl (C=O) groups is 1. The number of benzene rings is 2. The number of aryl methyl sites for hydroxylation is 1. The summed E-state index contributed by atoms with van der Waals surface area (Å²) in [7, 11) is 0. The van der Waals surface area contributed by atoms with Crippen molar-refractivity contribution in [2.45, 2.75) is 71.4 Å². The fourth-order valence-electron chi connectivity index (χ4n) is 4.65. The van der Waals surface area contributed by atoms with Gasteiger partial charge in [0.25, 0.3) is 0 Å². The van der Waals surface area contributed by atoms with Crippen molar-refractivity contribution in [3.63, 3.8) is 0 Å². The van der Waals surface area contributed by atoms with E-state index in [-0.39, 0.29) is 22.8 Å². The summed E-state index contributed by atoms with van der Waals surface area (Å²) in [5.41, 5.74) is 5.07. The molecule has 0 spiro atoms. The average Bonchev–Trinajstić information content (AvgIpc) is 2.83. The predicted octanol–water partition coefficient (Wildman–Crippen LogP) is 6.32. The quantitative estimate of drug-likeness (QED) is 0.353. The molecule has 5 heteroatoms. The first kappa shape index (κ1) is 26.8. The Morgan fingerprint density at radius 1 is 1.09 bits per heavy atom. The van der Waals surface area contributed by atoms with Gasteiger partial charge in [0.2, 0.25) is 0 Å². The van der Waals surface area contributed by atoms with E-state index in [9.17, 15) is 14.3 Å². The molecule has 0 heterocycles. The molecule has 0 fully saturated rings. The molecule has 2 atom stereocenters. The normalized spacial score (nSPS) is 15.8. The lowest BCUT2D eigenvalue weighted by Gasteiger charge is -2.29. The van der Waals surface area contributed by atoms with Gasteiger partial charge < -0.3 is 15.5 Å². The third-order valence-corrected chi connectivity index (χ3v) is 6.80. The second-order valence-electron chi connectivity index (χ2n) is 10.4. The number of carboxylic acids is 1. The maximum absolute atomic E-state index is 13.9. The minimum Gasteiger partial charge on any atom is -0.478 e. The fraction of sp³-hybridized carbons (Fsp3) is 0.433. The Kier molecular flexibility index (Phi) is 9.03. The first-order valence-corrected chi connectivity index (χ1v) is 12.5. The molecule has 3 N–H and O–H groups in total. The number of carboxylic acid groups (broad SMARTS) is 1. The van der Waals surface area contributed by atoms with Crippen LogP contribution < -0.4 is 5.32 Å². The van der Waals surface area contributed by atoms with Crippen LogP contribution in [-0.4, -0.2) is 34.4 Å². The van der Waals surface area contributed by atoms with Crippen molar-refractivity contribution in [1.82, 2.24) is 5.32 Å². The largest absolute Gasteiger partial charge is 0.478 e. The van der Waals surface area contributed by atoms with Gasteiger partial charge in [-0.3, -0.25) is 0 Å². The number of aliphatic hydroxyl groups excluding tert-OH is 1. The number of β-amino-alcohol motifs (C(OH)–C–C–N with tert-alkyl or cyclic N) is 1. The van der Waals surface area contributed by atoms with E-state index in [0.29, 0.717) is 24.9 Å². The topological polar surface area (TPSA) is 69.6 Å². The third-order valence-electron chi connectivity index (χ3n) is 6.80. The van der Waals surface area contributed by atoms with E-state index < -0.39 is 12.1 Å². The van der Waals surface area contributed by atoms with Crippen molar-refractivity contribution in [1.29, 1.82) is 0 Å². The van der Waals surface area contributed by atoms with Crippen LogP contribution in [0.3, 0.4) is 0 Å². The Bertz CT molecular complexity index is 1090. The van der Waals surface area contributed by atoms with Gasteiger partial charge in [-0.05, 0) is 105 Å². The number of hydrogen-bond donors (Lipinski definition) is 3. The van der Waals surface area contributed by atoms with Crippen molar-refractivity contribution in [3.05, 3.63) is 88.3 Å². The number of rotatable bonds is 11. The zero-order valence-corrected chi connectivity index (χ0v) is 21.3. The summed E-state index contributed by atoms with van der Waals surface area (Å²) in [6, 6.07) is 12.4. The average molecular weight is 480 g/mol. The Balaban J connectivity index is 1.52. The third kappa shape index (κ3) is 7.61. The Morgan fingerprint density at radius 2 is 1.77 bits per heavy atom. The van der Waals surface area contributed by atoms with Gasteiger partial charge in [0, 0.05) is 12.1 Å². The first-order chi connectivity index (χ1) is 16.6. The van der Waals surface area contributed by atoms with Gasteiger partial charge in [0.1, 0.15) is 5.82 Å². The van der Waals surface area contributed by atoms with Crippen LogP contribution >= 0.6 is 0 Å². The minimum absolute atomic E-state index is 0.185. The van der Waals surface area contributed by atoms with Crippen LogP contribution in [0.1, 0.15) is 73.5 Å². The lowest BCUT2D eigenvalue weighted by molar-refractivity contribution is 0.0697. The summed E-state index contributed by atoms with van der Waals surface area (Å²) in [6.45, 7) is 8.56. The predicted molar refractivity (Wildman–Crippen MR) is 140 cm³/mol.